The number of nitrogens with zero attached hydrogens (tertiary/aromatic N) is 3. The number of hydrogen-bond donors (Lipinski definition) is 1. The first-order valence-corrected chi connectivity index (χ1v) is 6.81. The van der Waals surface area contributed by atoms with E-state index in [1.54, 1.807) is 6.92 Å². The molecular weight excluding hydrogens is 230 g/mol. The summed E-state index contributed by atoms with van der Waals surface area (Å²) < 4.78 is 5.17. The summed E-state index contributed by atoms with van der Waals surface area (Å²) in [5.74, 6) is 1.68. The van der Waals surface area contributed by atoms with Gasteiger partial charge in [0.2, 0.25) is 5.89 Å². The average Bonchev–Trinajstić information content (AvgIpc) is 2.78. The molecule has 1 aliphatic rings. The Kier molecular flexibility index (Phi) is 4.35. The first kappa shape index (κ1) is 13.5. The summed E-state index contributed by atoms with van der Waals surface area (Å²) >= 11 is 0. The number of hydrogen-bond acceptors (Lipinski definition) is 5. The lowest BCUT2D eigenvalue weighted by atomic mass is 9.93. The van der Waals surface area contributed by atoms with E-state index >= 15 is 0 Å². The SMILES string of the molecule is CC(O)c1noc(CC2CCN(C(C)C)CC2)n1. The number of aliphatic hydroxyl groups excluding tert-OH is 1. The Morgan fingerprint density at radius 3 is 2.50 bits per heavy atom. The molecule has 0 saturated carbocycles. The molecule has 0 spiro atoms. The fourth-order valence-corrected chi connectivity index (χ4v) is 2.44. The number of rotatable bonds is 4. The van der Waals surface area contributed by atoms with Gasteiger partial charge < -0.3 is 14.5 Å². The standard InChI is InChI=1S/C13H23N3O2/c1-9(2)16-6-4-11(5-7-16)8-12-14-13(10(3)17)15-18-12/h9-11,17H,4-8H2,1-3H3. The average molecular weight is 253 g/mol. The van der Waals surface area contributed by atoms with Crippen molar-refractivity contribution in [3.8, 4) is 0 Å². The van der Waals surface area contributed by atoms with Gasteiger partial charge in [0, 0.05) is 12.5 Å². The van der Waals surface area contributed by atoms with Crippen LogP contribution in [0, 0.1) is 5.92 Å². The molecule has 2 rings (SSSR count). The quantitative estimate of drug-likeness (QED) is 0.886. The van der Waals surface area contributed by atoms with E-state index in [9.17, 15) is 5.11 Å². The van der Waals surface area contributed by atoms with Crippen molar-refractivity contribution in [1.82, 2.24) is 15.0 Å². The van der Waals surface area contributed by atoms with Crippen LogP contribution in [0.3, 0.4) is 0 Å². The summed E-state index contributed by atoms with van der Waals surface area (Å²) in [5, 5.41) is 13.1. The first-order chi connectivity index (χ1) is 8.56. The molecule has 1 aromatic rings. The van der Waals surface area contributed by atoms with Crippen LogP contribution in [0.4, 0.5) is 0 Å². The molecule has 1 fully saturated rings. The van der Waals surface area contributed by atoms with Crippen LogP contribution >= 0.6 is 0 Å². The Morgan fingerprint density at radius 2 is 2.00 bits per heavy atom. The molecule has 0 bridgehead atoms. The maximum atomic E-state index is 9.35. The molecule has 5 nitrogen and oxygen atoms in total. The zero-order valence-corrected chi connectivity index (χ0v) is 11.5. The highest BCUT2D eigenvalue weighted by molar-refractivity contribution is 4.91. The van der Waals surface area contributed by atoms with Gasteiger partial charge in [-0.1, -0.05) is 5.16 Å². The molecule has 1 saturated heterocycles. The van der Waals surface area contributed by atoms with Gasteiger partial charge in [0.25, 0.3) is 0 Å². The fraction of sp³-hybridized carbons (Fsp3) is 0.846. The van der Waals surface area contributed by atoms with Crippen molar-refractivity contribution >= 4 is 0 Å². The van der Waals surface area contributed by atoms with Crippen LogP contribution in [0.15, 0.2) is 4.52 Å². The van der Waals surface area contributed by atoms with Crippen molar-refractivity contribution in [2.45, 2.75) is 52.2 Å². The second-order valence-electron chi connectivity index (χ2n) is 5.50. The highest BCUT2D eigenvalue weighted by Crippen LogP contribution is 2.22. The first-order valence-electron chi connectivity index (χ1n) is 6.81. The zero-order chi connectivity index (χ0) is 13.1. The van der Waals surface area contributed by atoms with Gasteiger partial charge in [-0.15, -0.1) is 0 Å². The Morgan fingerprint density at radius 1 is 1.33 bits per heavy atom. The van der Waals surface area contributed by atoms with E-state index in [0.29, 0.717) is 23.7 Å². The molecule has 1 unspecified atom stereocenters. The van der Waals surface area contributed by atoms with E-state index in [0.717, 1.165) is 19.5 Å². The van der Waals surface area contributed by atoms with Gasteiger partial charge >= 0.3 is 0 Å². The normalized spacial score (nSPS) is 20.5. The predicted octanol–water partition coefficient (Wildman–Crippen LogP) is 1.79. The molecule has 2 heterocycles. The second kappa shape index (κ2) is 5.80. The van der Waals surface area contributed by atoms with Gasteiger partial charge in [-0.25, -0.2) is 0 Å². The van der Waals surface area contributed by atoms with Gasteiger partial charge in [-0.2, -0.15) is 4.98 Å². The molecule has 102 valence electrons. The van der Waals surface area contributed by atoms with E-state index in [1.165, 1.54) is 12.8 Å². The largest absolute Gasteiger partial charge is 0.385 e. The summed E-state index contributed by atoms with van der Waals surface area (Å²) in [6.07, 6.45) is 2.56. The Bertz CT molecular complexity index is 368. The topological polar surface area (TPSA) is 62.4 Å². The highest BCUT2D eigenvalue weighted by Gasteiger charge is 2.23. The van der Waals surface area contributed by atoms with Gasteiger partial charge in [0.15, 0.2) is 5.82 Å². The van der Waals surface area contributed by atoms with E-state index in [2.05, 4.69) is 28.9 Å². The smallest absolute Gasteiger partial charge is 0.227 e. The summed E-state index contributed by atoms with van der Waals surface area (Å²) in [6.45, 7) is 8.44. The summed E-state index contributed by atoms with van der Waals surface area (Å²) in [6, 6.07) is 0.635. The second-order valence-corrected chi connectivity index (χ2v) is 5.50. The summed E-state index contributed by atoms with van der Waals surface area (Å²) in [7, 11) is 0. The third-order valence-electron chi connectivity index (χ3n) is 3.70. The van der Waals surface area contributed by atoms with Crippen molar-refractivity contribution in [1.29, 1.82) is 0 Å². The number of aliphatic hydroxyl groups is 1. The lowest BCUT2D eigenvalue weighted by Crippen LogP contribution is -2.38. The molecule has 0 aromatic carbocycles. The van der Waals surface area contributed by atoms with Gasteiger partial charge in [-0.3, -0.25) is 0 Å². The van der Waals surface area contributed by atoms with Crippen LogP contribution in [0.25, 0.3) is 0 Å². The van der Waals surface area contributed by atoms with Crippen molar-refractivity contribution in [2.75, 3.05) is 13.1 Å². The van der Waals surface area contributed by atoms with E-state index < -0.39 is 6.10 Å². The molecule has 1 aromatic heterocycles. The molecule has 1 N–H and O–H groups in total. The van der Waals surface area contributed by atoms with E-state index in [-0.39, 0.29) is 0 Å². The minimum Gasteiger partial charge on any atom is -0.385 e. The predicted molar refractivity (Wildman–Crippen MR) is 68.1 cm³/mol. The van der Waals surface area contributed by atoms with Crippen LogP contribution in [0.5, 0.6) is 0 Å². The molecule has 0 amide bonds. The minimum atomic E-state index is -0.648. The molecule has 1 aliphatic heterocycles. The molecular formula is C13H23N3O2. The van der Waals surface area contributed by atoms with Gasteiger partial charge in [-0.05, 0) is 52.6 Å². The highest BCUT2D eigenvalue weighted by atomic mass is 16.5. The van der Waals surface area contributed by atoms with Crippen molar-refractivity contribution in [2.24, 2.45) is 5.92 Å². The van der Waals surface area contributed by atoms with E-state index in [1.807, 2.05) is 0 Å². The third kappa shape index (κ3) is 3.29. The fourth-order valence-electron chi connectivity index (χ4n) is 2.44. The van der Waals surface area contributed by atoms with Crippen LogP contribution in [-0.4, -0.2) is 39.3 Å². The Labute approximate surface area is 108 Å². The Balaban J connectivity index is 1.84. The van der Waals surface area contributed by atoms with Crippen molar-refractivity contribution in [3.05, 3.63) is 11.7 Å². The molecule has 0 radical (unpaired) electrons. The third-order valence-corrected chi connectivity index (χ3v) is 3.70. The van der Waals surface area contributed by atoms with Crippen molar-refractivity contribution < 1.29 is 9.63 Å². The lowest BCUT2D eigenvalue weighted by Gasteiger charge is -2.34. The zero-order valence-electron chi connectivity index (χ0n) is 11.5. The minimum absolute atomic E-state index is 0.393. The van der Waals surface area contributed by atoms with Crippen LogP contribution in [-0.2, 0) is 6.42 Å². The summed E-state index contributed by atoms with van der Waals surface area (Å²) in [5.41, 5.74) is 0. The van der Waals surface area contributed by atoms with Crippen molar-refractivity contribution in [3.63, 3.8) is 0 Å². The maximum absolute atomic E-state index is 9.35. The van der Waals surface area contributed by atoms with Gasteiger partial charge in [0.1, 0.15) is 6.10 Å². The molecule has 1 atom stereocenters. The van der Waals surface area contributed by atoms with Gasteiger partial charge in [0.05, 0.1) is 0 Å². The molecule has 5 heteroatoms. The molecule has 0 aliphatic carbocycles. The maximum Gasteiger partial charge on any atom is 0.227 e. The lowest BCUT2D eigenvalue weighted by molar-refractivity contribution is 0.145. The number of piperidine rings is 1. The summed E-state index contributed by atoms with van der Waals surface area (Å²) in [4.78, 5) is 6.72. The number of aromatic nitrogens is 2. The van der Waals surface area contributed by atoms with Crippen LogP contribution in [0.2, 0.25) is 0 Å². The molecule has 18 heavy (non-hydrogen) atoms. The van der Waals surface area contributed by atoms with E-state index in [4.69, 9.17) is 4.52 Å². The van der Waals surface area contributed by atoms with Crippen LogP contribution < -0.4 is 0 Å². The van der Waals surface area contributed by atoms with Crippen LogP contribution in [0.1, 0.15) is 51.4 Å². The number of likely N-dealkylation sites (tertiary alicyclic amines) is 1. The monoisotopic (exact) mass is 253 g/mol. The Hall–Kier alpha value is -0.940.